The summed E-state index contributed by atoms with van der Waals surface area (Å²) in [5, 5.41) is 0. The Kier molecular flexibility index (Phi) is 4.22. The smallest absolute Gasteiger partial charge is 0.0457 e. The van der Waals surface area contributed by atoms with E-state index in [9.17, 15) is 0 Å². The molecule has 1 heteroatoms. The topological polar surface area (TPSA) is 12.4 Å². The Morgan fingerprint density at radius 2 is 1.53 bits per heavy atom. The minimum atomic E-state index is -0.566. The van der Waals surface area contributed by atoms with Gasteiger partial charge in [-0.05, 0) is 16.9 Å². The lowest BCUT2D eigenvalue weighted by Gasteiger charge is -2.27. The lowest BCUT2D eigenvalue weighted by atomic mass is 9.78. The summed E-state index contributed by atoms with van der Waals surface area (Å²) >= 11 is 0. The number of hydrogen-bond acceptors (Lipinski definition) is 1. The van der Waals surface area contributed by atoms with Crippen LogP contribution in [0.5, 0.6) is 0 Å². The Morgan fingerprint density at radius 3 is 1.76 bits per heavy atom. The summed E-state index contributed by atoms with van der Waals surface area (Å²) in [6.07, 6.45) is 0.868. The van der Waals surface area contributed by atoms with Gasteiger partial charge in [-0.1, -0.05) is 62.8 Å². The standard InChI is InChI=1S/C15H27N.CH4/c1-10(2)12-9-11(14(3,4)5)13(16-12)15(6,7)8;/h10H,9H2,1-8H3;1H4/i10T;. The van der Waals surface area contributed by atoms with Crippen molar-refractivity contribution in [2.45, 2.75) is 69.2 Å². The van der Waals surface area contributed by atoms with Gasteiger partial charge >= 0.3 is 0 Å². The number of rotatable bonds is 1. The monoisotopic (exact) mass is 239 g/mol. The van der Waals surface area contributed by atoms with E-state index in [1.165, 1.54) is 11.3 Å². The van der Waals surface area contributed by atoms with Gasteiger partial charge in [0.2, 0.25) is 0 Å². The van der Waals surface area contributed by atoms with E-state index in [0.29, 0.717) is 0 Å². The normalized spacial score (nSPS) is 18.8. The molecular formula is C16H31N. The van der Waals surface area contributed by atoms with Crippen molar-refractivity contribution in [1.29, 1.82) is 0 Å². The Bertz CT molecular complexity index is 367. The molecular weight excluding hydrogens is 206 g/mol. The fourth-order valence-electron chi connectivity index (χ4n) is 2.02. The van der Waals surface area contributed by atoms with Crippen molar-refractivity contribution in [2.24, 2.45) is 21.7 Å². The molecule has 1 aliphatic rings. The van der Waals surface area contributed by atoms with Crippen LogP contribution in [-0.4, -0.2) is 5.71 Å². The van der Waals surface area contributed by atoms with Gasteiger partial charge < -0.3 is 0 Å². The zero-order valence-electron chi connectivity index (χ0n) is 13.2. The third-order valence-electron chi connectivity index (χ3n) is 3.07. The molecule has 0 saturated carbocycles. The van der Waals surface area contributed by atoms with E-state index in [4.69, 9.17) is 6.36 Å². The summed E-state index contributed by atoms with van der Waals surface area (Å²) in [5.41, 5.74) is 3.81. The van der Waals surface area contributed by atoms with Gasteiger partial charge in [0.1, 0.15) is 0 Å². The molecule has 17 heavy (non-hydrogen) atoms. The minimum Gasteiger partial charge on any atom is -0.261 e. The summed E-state index contributed by atoms with van der Waals surface area (Å²) in [4.78, 5) is 4.79. The van der Waals surface area contributed by atoms with Crippen molar-refractivity contribution in [2.75, 3.05) is 0 Å². The van der Waals surface area contributed by atoms with Crippen molar-refractivity contribution >= 4 is 5.71 Å². The molecule has 0 aromatic rings. The molecule has 0 unspecified atom stereocenters. The molecule has 0 spiro atoms. The van der Waals surface area contributed by atoms with Crippen LogP contribution in [0.2, 0.25) is 0 Å². The number of aliphatic imine (C=N–C) groups is 1. The average Bonchev–Trinajstić information content (AvgIpc) is 2.42. The fourth-order valence-corrected chi connectivity index (χ4v) is 2.02. The molecule has 0 radical (unpaired) electrons. The second-order valence-corrected chi connectivity index (χ2v) is 7.06. The Hall–Kier alpha value is -0.590. The first-order chi connectivity index (χ1) is 7.33. The third kappa shape index (κ3) is 3.69. The molecule has 0 amide bonds. The molecule has 0 atom stereocenters. The minimum absolute atomic E-state index is 0. The van der Waals surface area contributed by atoms with Crippen molar-refractivity contribution < 1.29 is 1.37 Å². The zero-order chi connectivity index (χ0) is 13.6. The van der Waals surface area contributed by atoms with Crippen molar-refractivity contribution in [3.8, 4) is 0 Å². The van der Waals surface area contributed by atoms with Gasteiger partial charge in [0, 0.05) is 24.6 Å². The number of hydrogen-bond donors (Lipinski definition) is 0. The molecule has 0 aromatic carbocycles. The third-order valence-corrected chi connectivity index (χ3v) is 3.07. The van der Waals surface area contributed by atoms with Gasteiger partial charge in [-0.15, -0.1) is 0 Å². The number of nitrogens with zero attached hydrogens (tertiary/aromatic N) is 1. The van der Waals surface area contributed by atoms with Crippen molar-refractivity contribution in [3.63, 3.8) is 0 Å². The largest absolute Gasteiger partial charge is 0.261 e. The van der Waals surface area contributed by atoms with Crippen LogP contribution in [0.1, 0.15) is 70.6 Å². The van der Waals surface area contributed by atoms with E-state index >= 15 is 0 Å². The quantitative estimate of drug-likeness (QED) is 0.575. The number of allylic oxidation sites excluding steroid dienone is 2. The van der Waals surface area contributed by atoms with Crippen molar-refractivity contribution in [3.05, 3.63) is 11.3 Å². The van der Waals surface area contributed by atoms with Crippen molar-refractivity contribution in [1.82, 2.24) is 0 Å². The molecule has 0 aromatic heterocycles. The molecule has 100 valence electrons. The maximum Gasteiger partial charge on any atom is 0.0457 e. The SMILES string of the molecule is C.[3H]C(C)(C)C1=NC(C(C)(C)C)=C(C(C)(C)C)C1. The lowest BCUT2D eigenvalue weighted by Crippen LogP contribution is -2.16. The summed E-state index contributed by atoms with van der Waals surface area (Å²) in [7, 11) is 0. The zero-order valence-corrected chi connectivity index (χ0v) is 12.2. The Balaban J connectivity index is 0.00000289. The molecule has 0 N–H and O–H groups in total. The highest BCUT2D eigenvalue weighted by molar-refractivity contribution is 5.92. The van der Waals surface area contributed by atoms with Gasteiger partial charge in [0.05, 0.1) is 0 Å². The predicted molar refractivity (Wildman–Crippen MR) is 79.6 cm³/mol. The molecule has 1 aliphatic heterocycles. The van der Waals surface area contributed by atoms with Crippen LogP contribution in [0.15, 0.2) is 16.3 Å². The van der Waals surface area contributed by atoms with Gasteiger partial charge in [-0.2, -0.15) is 0 Å². The van der Waals surface area contributed by atoms with Crippen LogP contribution in [0, 0.1) is 16.7 Å². The van der Waals surface area contributed by atoms with E-state index in [1.54, 1.807) is 0 Å². The fraction of sp³-hybridized carbons (Fsp3) is 0.812. The van der Waals surface area contributed by atoms with Crippen LogP contribution in [0.4, 0.5) is 0 Å². The predicted octanol–water partition coefficient (Wildman–Crippen LogP) is 5.47. The Labute approximate surface area is 110 Å². The van der Waals surface area contributed by atoms with Crippen LogP contribution in [-0.2, 0) is 0 Å². The molecule has 0 aliphatic carbocycles. The lowest BCUT2D eigenvalue weighted by molar-refractivity contribution is 0.443. The highest BCUT2D eigenvalue weighted by Gasteiger charge is 2.33. The van der Waals surface area contributed by atoms with Crippen LogP contribution in [0.25, 0.3) is 0 Å². The maximum atomic E-state index is 8.16. The second-order valence-electron chi connectivity index (χ2n) is 7.06. The van der Waals surface area contributed by atoms with E-state index in [1.807, 2.05) is 13.8 Å². The van der Waals surface area contributed by atoms with Gasteiger partial charge in [0.25, 0.3) is 0 Å². The average molecular weight is 239 g/mol. The van der Waals surface area contributed by atoms with Gasteiger partial charge in [-0.3, -0.25) is 4.99 Å². The van der Waals surface area contributed by atoms with E-state index < -0.39 is 5.89 Å². The summed E-state index contributed by atoms with van der Waals surface area (Å²) in [6, 6.07) is 0. The summed E-state index contributed by atoms with van der Waals surface area (Å²) in [6.45, 7) is 17.2. The molecule has 1 nitrogen and oxygen atoms in total. The van der Waals surface area contributed by atoms with Gasteiger partial charge in [-0.25, -0.2) is 0 Å². The molecule has 1 heterocycles. The van der Waals surface area contributed by atoms with Gasteiger partial charge in [0.15, 0.2) is 0 Å². The second kappa shape index (κ2) is 4.96. The van der Waals surface area contributed by atoms with Crippen LogP contribution in [0.3, 0.4) is 0 Å². The van der Waals surface area contributed by atoms with E-state index in [0.717, 1.165) is 12.1 Å². The highest BCUT2D eigenvalue weighted by atomic mass is 14.8. The molecule has 0 saturated heterocycles. The first kappa shape index (κ1) is 14.5. The summed E-state index contributed by atoms with van der Waals surface area (Å²) in [5.74, 6) is -0.566. The molecule has 0 bridgehead atoms. The van der Waals surface area contributed by atoms with Crippen LogP contribution < -0.4 is 0 Å². The van der Waals surface area contributed by atoms with E-state index in [-0.39, 0.29) is 18.3 Å². The molecule has 0 fully saturated rings. The first-order valence-corrected chi connectivity index (χ1v) is 6.15. The molecule has 1 rings (SSSR count). The Morgan fingerprint density at radius 1 is 1.06 bits per heavy atom. The van der Waals surface area contributed by atoms with E-state index in [2.05, 4.69) is 41.5 Å². The first-order valence-electron chi connectivity index (χ1n) is 6.65. The maximum absolute atomic E-state index is 8.16. The van der Waals surface area contributed by atoms with Crippen LogP contribution >= 0.6 is 0 Å². The summed E-state index contributed by atoms with van der Waals surface area (Å²) < 4.78 is 8.16. The highest BCUT2D eigenvalue weighted by Crippen LogP contribution is 2.43.